The van der Waals surface area contributed by atoms with Crippen molar-refractivity contribution in [3.8, 4) is 22.8 Å². The van der Waals surface area contributed by atoms with Gasteiger partial charge in [0.2, 0.25) is 5.95 Å². The molecule has 2 aromatic carbocycles. The second-order valence-electron chi connectivity index (χ2n) is 8.66. The van der Waals surface area contributed by atoms with Crippen molar-refractivity contribution in [1.29, 1.82) is 0 Å². The molecule has 1 amide bonds. The Morgan fingerprint density at radius 3 is 2.76 bits per heavy atom. The summed E-state index contributed by atoms with van der Waals surface area (Å²) in [5.41, 5.74) is 2.54. The lowest BCUT2D eigenvalue weighted by atomic mass is 10.1. The minimum Gasteiger partial charge on any atom is -0.496 e. The summed E-state index contributed by atoms with van der Waals surface area (Å²) in [4.78, 5) is 25.1. The van der Waals surface area contributed by atoms with Crippen LogP contribution in [0.15, 0.2) is 36.5 Å². The van der Waals surface area contributed by atoms with Gasteiger partial charge < -0.3 is 19.7 Å². The van der Waals surface area contributed by atoms with Gasteiger partial charge in [-0.3, -0.25) is 9.69 Å². The van der Waals surface area contributed by atoms with E-state index in [1.807, 2.05) is 30.8 Å². The molecule has 3 aromatic rings. The van der Waals surface area contributed by atoms with Crippen molar-refractivity contribution in [3.63, 3.8) is 0 Å². The standard InChI is InChI=1S/C26H27F2N5O3S/c1-3-33-21-12-18(10-16(25(21)36-15-23(33)34)14-32-6-8-37-9-7-32)30-26-29-13-20(28)24(31-26)19-5-4-17(27)11-22(19)35-2/h4-5,10-13H,3,6-9,14-15H2,1-2H3,(H,29,30,31). The zero-order valence-electron chi connectivity index (χ0n) is 20.6. The molecule has 0 saturated carbocycles. The fourth-order valence-corrected chi connectivity index (χ4v) is 5.51. The number of hydrogen-bond acceptors (Lipinski definition) is 8. The predicted octanol–water partition coefficient (Wildman–Crippen LogP) is 4.47. The van der Waals surface area contributed by atoms with Crippen LogP contribution >= 0.6 is 11.8 Å². The van der Waals surface area contributed by atoms with E-state index in [4.69, 9.17) is 9.47 Å². The number of methoxy groups -OCH3 is 1. The summed E-state index contributed by atoms with van der Waals surface area (Å²) in [6.07, 6.45) is 1.06. The van der Waals surface area contributed by atoms with E-state index in [9.17, 15) is 13.6 Å². The van der Waals surface area contributed by atoms with Crippen molar-refractivity contribution in [3.05, 3.63) is 53.7 Å². The fraction of sp³-hybridized carbons (Fsp3) is 0.346. The van der Waals surface area contributed by atoms with Gasteiger partial charge in [-0.2, -0.15) is 11.8 Å². The molecular weight excluding hydrogens is 500 g/mol. The molecule has 0 atom stereocenters. The first kappa shape index (κ1) is 25.2. The van der Waals surface area contributed by atoms with Gasteiger partial charge in [0.1, 0.15) is 23.0 Å². The lowest BCUT2D eigenvalue weighted by molar-refractivity contribution is -0.121. The number of likely N-dealkylation sites (N-methyl/N-ethyl adjacent to an activating group) is 1. The van der Waals surface area contributed by atoms with E-state index in [2.05, 4.69) is 20.2 Å². The van der Waals surface area contributed by atoms with Gasteiger partial charge in [0.05, 0.1) is 19.0 Å². The highest BCUT2D eigenvalue weighted by Crippen LogP contribution is 2.40. The van der Waals surface area contributed by atoms with E-state index in [1.54, 1.807) is 4.90 Å². The Morgan fingerprint density at radius 1 is 1.19 bits per heavy atom. The number of hydrogen-bond donors (Lipinski definition) is 1. The number of nitrogens with zero attached hydrogens (tertiary/aromatic N) is 4. The van der Waals surface area contributed by atoms with Crippen LogP contribution in [-0.2, 0) is 11.3 Å². The summed E-state index contributed by atoms with van der Waals surface area (Å²) in [5, 5.41) is 3.16. The first-order valence-electron chi connectivity index (χ1n) is 12.0. The molecule has 11 heteroatoms. The fourth-order valence-electron chi connectivity index (χ4n) is 4.53. The van der Waals surface area contributed by atoms with Crippen molar-refractivity contribution < 1.29 is 23.0 Å². The molecule has 5 rings (SSSR count). The first-order chi connectivity index (χ1) is 18.0. The highest BCUT2D eigenvalue weighted by Gasteiger charge is 2.28. The van der Waals surface area contributed by atoms with Crippen molar-refractivity contribution >= 4 is 35.0 Å². The first-order valence-corrected chi connectivity index (χ1v) is 13.2. The van der Waals surface area contributed by atoms with Gasteiger partial charge in [0, 0.05) is 60.6 Å². The van der Waals surface area contributed by atoms with Gasteiger partial charge in [-0.25, -0.2) is 18.7 Å². The van der Waals surface area contributed by atoms with Crippen LogP contribution in [0.25, 0.3) is 11.3 Å². The van der Waals surface area contributed by atoms with Gasteiger partial charge in [-0.15, -0.1) is 0 Å². The number of nitrogens with one attached hydrogen (secondary N) is 1. The second kappa shape index (κ2) is 10.9. The van der Waals surface area contributed by atoms with Crippen molar-refractivity contribution in [2.75, 3.05) is 55.1 Å². The van der Waals surface area contributed by atoms with Crippen LogP contribution in [0.2, 0.25) is 0 Å². The van der Waals surface area contributed by atoms with E-state index in [0.29, 0.717) is 35.8 Å². The molecule has 194 valence electrons. The van der Waals surface area contributed by atoms with E-state index in [-0.39, 0.29) is 29.9 Å². The van der Waals surface area contributed by atoms with Gasteiger partial charge in [0.15, 0.2) is 12.4 Å². The van der Waals surface area contributed by atoms with Crippen molar-refractivity contribution in [1.82, 2.24) is 14.9 Å². The Labute approximate surface area is 218 Å². The zero-order valence-corrected chi connectivity index (χ0v) is 21.4. The molecule has 0 unspecified atom stereocenters. The number of rotatable bonds is 7. The molecule has 0 radical (unpaired) electrons. The summed E-state index contributed by atoms with van der Waals surface area (Å²) < 4.78 is 39.5. The molecule has 2 aliphatic heterocycles. The molecule has 1 aromatic heterocycles. The number of fused-ring (bicyclic) bond motifs is 1. The molecule has 1 fully saturated rings. The summed E-state index contributed by atoms with van der Waals surface area (Å²) >= 11 is 1.94. The molecule has 2 aliphatic rings. The SMILES string of the molecule is CCN1C(=O)COc2c(CN3CCSCC3)cc(Nc3ncc(F)c(-c4ccc(F)cc4OC)n3)cc21. The number of anilines is 3. The molecule has 3 heterocycles. The Bertz CT molecular complexity index is 1320. The number of carbonyl (C=O) groups excluding carboxylic acids is 1. The van der Waals surface area contributed by atoms with Gasteiger partial charge in [-0.05, 0) is 31.2 Å². The van der Waals surface area contributed by atoms with E-state index < -0.39 is 11.6 Å². The van der Waals surface area contributed by atoms with E-state index in [1.165, 1.54) is 25.3 Å². The third-order valence-corrected chi connectivity index (χ3v) is 7.25. The molecule has 0 spiro atoms. The number of aromatic nitrogens is 2. The molecule has 1 N–H and O–H groups in total. The highest BCUT2D eigenvalue weighted by molar-refractivity contribution is 7.99. The Balaban J connectivity index is 1.52. The Kier molecular flexibility index (Phi) is 7.43. The van der Waals surface area contributed by atoms with Crippen molar-refractivity contribution in [2.24, 2.45) is 0 Å². The van der Waals surface area contributed by atoms with E-state index >= 15 is 0 Å². The minimum absolute atomic E-state index is 0.000400. The molecule has 37 heavy (non-hydrogen) atoms. The normalized spacial score (nSPS) is 15.8. The topological polar surface area (TPSA) is 79.8 Å². The third-order valence-electron chi connectivity index (χ3n) is 6.31. The van der Waals surface area contributed by atoms with Crippen molar-refractivity contribution in [2.45, 2.75) is 13.5 Å². The Hall–Kier alpha value is -3.44. The van der Waals surface area contributed by atoms with Crippen LogP contribution in [0.4, 0.5) is 26.1 Å². The average molecular weight is 528 g/mol. The molecule has 8 nitrogen and oxygen atoms in total. The third kappa shape index (κ3) is 5.33. The van der Waals surface area contributed by atoms with Gasteiger partial charge in [-0.1, -0.05) is 0 Å². The number of carbonyl (C=O) groups is 1. The van der Waals surface area contributed by atoms with Gasteiger partial charge in [0.25, 0.3) is 5.91 Å². The maximum atomic E-state index is 14.7. The largest absolute Gasteiger partial charge is 0.496 e. The van der Waals surface area contributed by atoms with Crippen LogP contribution in [-0.4, -0.2) is 65.6 Å². The van der Waals surface area contributed by atoms with E-state index in [0.717, 1.165) is 36.4 Å². The summed E-state index contributed by atoms with van der Waals surface area (Å²) in [6, 6.07) is 7.58. The lowest BCUT2D eigenvalue weighted by Gasteiger charge is -2.32. The monoisotopic (exact) mass is 527 g/mol. The second-order valence-corrected chi connectivity index (χ2v) is 9.88. The molecule has 0 bridgehead atoms. The quantitative estimate of drug-likeness (QED) is 0.482. The van der Waals surface area contributed by atoms with Crippen LogP contribution in [0, 0.1) is 11.6 Å². The maximum Gasteiger partial charge on any atom is 0.265 e. The Morgan fingerprint density at radius 2 is 2.00 bits per heavy atom. The zero-order chi connectivity index (χ0) is 25.9. The van der Waals surface area contributed by atoms with Crippen LogP contribution in [0.5, 0.6) is 11.5 Å². The van der Waals surface area contributed by atoms with Crippen LogP contribution < -0.4 is 19.7 Å². The number of ether oxygens (including phenoxy) is 2. The smallest absolute Gasteiger partial charge is 0.265 e. The predicted molar refractivity (Wildman–Crippen MR) is 140 cm³/mol. The number of amides is 1. The minimum atomic E-state index is -0.666. The summed E-state index contributed by atoms with van der Waals surface area (Å²) in [7, 11) is 1.38. The molecule has 1 saturated heterocycles. The maximum absolute atomic E-state index is 14.7. The molecular formula is C26H27F2N5O3S. The number of halogens is 2. The van der Waals surface area contributed by atoms with Crippen LogP contribution in [0.1, 0.15) is 12.5 Å². The van der Waals surface area contributed by atoms with Gasteiger partial charge >= 0.3 is 0 Å². The average Bonchev–Trinajstić information content (AvgIpc) is 2.90. The molecule has 0 aliphatic carbocycles. The highest BCUT2D eigenvalue weighted by atomic mass is 32.2. The summed E-state index contributed by atoms with van der Waals surface area (Å²) in [5.74, 6) is 1.86. The van der Waals surface area contributed by atoms with Crippen LogP contribution in [0.3, 0.4) is 0 Å². The lowest BCUT2D eigenvalue weighted by Crippen LogP contribution is -2.39. The number of benzene rings is 2. The summed E-state index contributed by atoms with van der Waals surface area (Å²) in [6.45, 7) is 5.03. The number of thioether (sulfide) groups is 1.